The minimum atomic E-state index is -4.15. The summed E-state index contributed by atoms with van der Waals surface area (Å²) in [5, 5.41) is 1.05. The van der Waals surface area contributed by atoms with Crippen molar-refractivity contribution in [3.63, 3.8) is 0 Å². The van der Waals surface area contributed by atoms with Crippen molar-refractivity contribution in [3.05, 3.63) is 60.0 Å². The summed E-state index contributed by atoms with van der Waals surface area (Å²) in [5.74, 6) is 0.159. The first kappa shape index (κ1) is 19.2. The number of hydrogen-bond acceptors (Lipinski definition) is 6. The fraction of sp³-hybridized carbons (Fsp3) is 0.222. The van der Waals surface area contributed by atoms with E-state index in [1.807, 2.05) is 0 Å². The first-order valence-electron chi connectivity index (χ1n) is 8.01. The van der Waals surface area contributed by atoms with Crippen LogP contribution >= 0.6 is 0 Å². The van der Waals surface area contributed by atoms with Gasteiger partial charge in [-0.3, -0.25) is 4.31 Å². The van der Waals surface area contributed by atoms with Crippen LogP contribution in [0.4, 0.5) is 5.69 Å². The number of ether oxygens (including phenoxy) is 2. The summed E-state index contributed by atoms with van der Waals surface area (Å²) in [6.07, 6.45) is 1.38. The SMILES string of the molecule is COc1ccc(OC)c(S(=O)(=O)N(c2ccccc2)[C@H]2C=CS(=O)(=O)C2)c1. The minimum Gasteiger partial charge on any atom is -0.497 e. The molecule has 27 heavy (non-hydrogen) atoms. The molecular formula is C18H19NO6S2. The quantitative estimate of drug-likeness (QED) is 0.727. The summed E-state index contributed by atoms with van der Waals surface area (Å²) in [6, 6.07) is 11.9. The highest BCUT2D eigenvalue weighted by atomic mass is 32.2. The average molecular weight is 409 g/mol. The van der Waals surface area contributed by atoms with Crippen LogP contribution in [0, 0.1) is 0 Å². The van der Waals surface area contributed by atoms with E-state index < -0.39 is 25.9 Å². The number of sulfonamides is 1. The van der Waals surface area contributed by atoms with Gasteiger partial charge in [-0.15, -0.1) is 0 Å². The maximum atomic E-state index is 13.5. The molecule has 0 unspecified atom stereocenters. The standard InChI is InChI=1S/C18H19NO6S2/c1-24-16-8-9-17(25-2)18(12-16)27(22,23)19(14-6-4-3-5-7-14)15-10-11-26(20,21)13-15/h3-12,15H,13H2,1-2H3/t15-/m0/s1. The zero-order valence-electron chi connectivity index (χ0n) is 14.8. The van der Waals surface area contributed by atoms with E-state index in [1.165, 1.54) is 32.4 Å². The van der Waals surface area contributed by atoms with Gasteiger partial charge in [-0.2, -0.15) is 0 Å². The van der Waals surface area contributed by atoms with Crippen molar-refractivity contribution in [1.29, 1.82) is 0 Å². The number of benzene rings is 2. The second-order valence-electron chi connectivity index (χ2n) is 5.88. The van der Waals surface area contributed by atoms with Gasteiger partial charge in [0.25, 0.3) is 10.0 Å². The Balaban J connectivity index is 2.19. The molecule has 0 aliphatic carbocycles. The summed E-state index contributed by atoms with van der Waals surface area (Å²) >= 11 is 0. The van der Waals surface area contributed by atoms with Crippen LogP contribution in [0.15, 0.2) is 64.9 Å². The minimum absolute atomic E-state index is 0.106. The lowest BCUT2D eigenvalue weighted by molar-refractivity contribution is 0.392. The Morgan fingerprint density at radius 1 is 1.04 bits per heavy atom. The molecule has 0 saturated heterocycles. The lowest BCUT2D eigenvalue weighted by Crippen LogP contribution is -2.41. The van der Waals surface area contributed by atoms with E-state index in [0.717, 1.165) is 9.71 Å². The van der Waals surface area contributed by atoms with Crippen LogP contribution in [0.3, 0.4) is 0 Å². The fourth-order valence-corrected chi connectivity index (χ4v) is 6.03. The van der Waals surface area contributed by atoms with Crippen LogP contribution < -0.4 is 13.8 Å². The predicted molar refractivity (Wildman–Crippen MR) is 102 cm³/mol. The van der Waals surface area contributed by atoms with Gasteiger partial charge in [0.1, 0.15) is 16.4 Å². The van der Waals surface area contributed by atoms with Gasteiger partial charge in [-0.1, -0.05) is 18.2 Å². The molecule has 0 saturated carbocycles. The molecule has 0 fully saturated rings. The van der Waals surface area contributed by atoms with Crippen LogP contribution in [-0.2, 0) is 19.9 Å². The normalized spacial score (nSPS) is 18.2. The molecule has 1 aliphatic rings. The summed E-state index contributed by atoms with van der Waals surface area (Å²) < 4.78 is 62.4. The number of methoxy groups -OCH3 is 2. The summed E-state index contributed by atoms with van der Waals surface area (Å²) in [5.41, 5.74) is 0.356. The van der Waals surface area contributed by atoms with Gasteiger partial charge in [0.05, 0.1) is 31.7 Å². The van der Waals surface area contributed by atoms with E-state index in [1.54, 1.807) is 36.4 Å². The highest BCUT2D eigenvalue weighted by molar-refractivity contribution is 7.95. The number of anilines is 1. The molecule has 0 amide bonds. The Hall–Kier alpha value is -2.52. The van der Waals surface area contributed by atoms with E-state index in [0.29, 0.717) is 11.4 Å². The van der Waals surface area contributed by atoms with Crippen LogP contribution in [-0.4, -0.2) is 42.8 Å². The van der Waals surface area contributed by atoms with Gasteiger partial charge < -0.3 is 9.47 Å². The van der Waals surface area contributed by atoms with Crippen molar-refractivity contribution in [2.24, 2.45) is 0 Å². The first-order valence-corrected chi connectivity index (χ1v) is 11.2. The zero-order chi connectivity index (χ0) is 19.7. The van der Waals surface area contributed by atoms with Crippen molar-refractivity contribution in [2.75, 3.05) is 24.3 Å². The van der Waals surface area contributed by atoms with Gasteiger partial charge in [0.15, 0.2) is 9.84 Å². The Kier molecular flexibility index (Phi) is 5.16. The number of nitrogens with zero attached hydrogens (tertiary/aromatic N) is 1. The predicted octanol–water partition coefficient (Wildman–Crippen LogP) is 2.21. The van der Waals surface area contributed by atoms with Gasteiger partial charge in [-0.25, -0.2) is 16.8 Å². The van der Waals surface area contributed by atoms with Crippen LogP contribution in [0.1, 0.15) is 0 Å². The van der Waals surface area contributed by atoms with Crippen molar-refractivity contribution in [1.82, 2.24) is 0 Å². The fourth-order valence-electron chi connectivity index (χ4n) is 2.88. The molecule has 144 valence electrons. The van der Waals surface area contributed by atoms with Crippen molar-refractivity contribution in [3.8, 4) is 11.5 Å². The molecule has 7 nitrogen and oxygen atoms in total. The Morgan fingerprint density at radius 3 is 2.30 bits per heavy atom. The van der Waals surface area contributed by atoms with Gasteiger partial charge >= 0.3 is 0 Å². The van der Waals surface area contributed by atoms with E-state index in [4.69, 9.17) is 9.47 Å². The molecule has 0 aromatic heterocycles. The zero-order valence-corrected chi connectivity index (χ0v) is 16.4. The molecule has 1 heterocycles. The highest BCUT2D eigenvalue weighted by Crippen LogP contribution is 2.35. The third-order valence-corrected chi connectivity index (χ3v) is 7.38. The molecule has 2 aromatic carbocycles. The molecule has 2 aromatic rings. The average Bonchev–Trinajstić information content (AvgIpc) is 3.01. The molecule has 0 bridgehead atoms. The maximum absolute atomic E-state index is 13.5. The molecule has 3 rings (SSSR count). The summed E-state index contributed by atoms with van der Waals surface area (Å²) in [4.78, 5) is -0.106. The van der Waals surface area contributed by atoms with E-state index in [-0.39, 0.29) is 16.4 Å². The molecule has 0 spiro atoms. The number of hydrogen-bond donors (Lipinski definition) is 0. The lowest BCUT2D eigenvalue weighted by Gasteiger charge is -2.29. The molecule has 1 aliphatic heterocycles. The van der Waals surface area contributed by atoms with E-state index in [9.17, 15) is 16.8 Å². The maximum Gasteiger partial charge on any atom is 0.268 e. The summed E-state index contributed by atoms with van der Waals surface area (Å²) in [7, 11) is -4.81. The van der Waals surface area contributed by atoms with Crippen molar-refractivity contribution < 1.29 is 26.3 Å². The van der Waals surface area contributed by atoms with Gasteiger partial charge in [-0.05, 0) is 30.3 Å². The third kappa shape index (κ3) is 3.79. The number of para-hydroxylation sites is 1. The van der Waals surface area contributed by atoms with E-state index in [2.05, 4.69) is 0 Å². The second-order valence-corrected chi connectivity index (χ2v) is 9.59. The number of sulfone groups is 1. The van der Waals surface area contributed by atoms with Crippen molar-refractivity contribution in [2.45, 2.75) is 10.9 Å². The van der Waals surface area contributed by atoms with E-state index >= 15 is 0 Å². The Morgan fingerprint density at radius 2 is 1.74 bits per heavy atom. The molecule has 0 radical (unpaired) electrons. The molecular weight excluding hydrogens is 390 g/mol. The monoisotopic (exact) mass is 409 g/mol. The molecule has 9 heteroatoms. The van der Waals surface area contributed by atoms with Gasteiger partial charge in [0, 0.05) is 11.5 Å². The lowest BCUT2D eigenvalue weighted by atomic mass is 10.2. The highest BCUT2D eigenvalue weighted by Gasteiger charge is 2.37. The van der Waals surface area contributed by atoms with Crippen LogP contribution in [0.25, 0.3) is 0 Å². The topological polar surface area (TPSA) is 90.0 Å². The largest absolute Gasteiger partial charge is 0.497 e. The van der Waals surface area contributed by atoms with Crippen LogP contribution in [0.5, 0.6) is 11.5 Å². The Labute approximate surface area is 158 Å². The molecule has 0 N–H and O–H groups in total. The van der Waals surface area contributed by atoms with Gasteiger partial charge in [0.2, 0.25) is 0 Å². The first-order chi connectivity index (χ1) is 12.8. The number of rotatable bonds is 6. The molecule has 1 atom stereocenters. The summed E-state index contributed by atoms with van der Waals surface area (Å²) in [6.45, 7) is 0. The second kappa shape index (κ2) is 7.24. The van der Waals surface area contributed by atoms with Crippen molar-refractivity contribution >= 4 is 25.5 Å². The Bertz CT molecular complexity index is 1060. The van der Waals surface area contributed by atoms with Crippen LogP contribution in [0.2, 0.25) is 0 Å². The third-order valence-electron chi connectivity index (χ3n) is 4.13. The smallest absolute Gasteiger partial charge is 0.268 e.